The number of nitrogens with two attached hydrogens (primary N) is 1. The molecule has 0 heterocycles. The van der Waals surface area contributed by atoms with Gasteiger partial charge in [-0.3, -0.25) is 0 Å². The predicted octanol–water partition coefficient (Wildman–Crippen LogP) is 2.20. The van der Waals surface area contributed by atoms with Crippen LogP contribution in [0.15, 0.2) is 24.3 Å². The van der Waals surface area contributed by atoms with Crippen molar-refractivity contribution in [2.24, 2.45) is 5.73 Å². The molecule has 0 aliphatic carbocycles. The number of aliphatic hydroxyl groups excluding tert-OH is 1. The molecule has 4 heteroatoms. The summed E-state index contributed by atoms with van der Waals surface area (Å²) in [6, 6.07) is 7.56. The summed E-state index contributed by atoms with van der Waals surface area (Å²) in [6.07, 6.45) is 0.533. The fourth-order valence-electron chi connectivity index (χ4n) is 1.52. The number of benzene rings is 1. The van der Waals surface area contributed by atoms with E-state index < -0.39 is 6.10 Å². The number of rotatable bonds is 7. The molecule has 3 N–H and O–H groups in total. The molecule has 3 nitrogen and oxygen atoms in total. The van der Waals surface area contributed by atoms with E-state index in [1.54, 1.807) is 18.9 Å². The average Bonchev–Trinajstić information content (AvgIpc) is 2.36. The second kappa shape index (κ2) is 7.58. The van der Waals surface area contributed by atoms with E-state index in [1.807, 2.05) is 24.3 Å². The molecular formula is C13H21NO2S. The third-order valence-corrected chi connectivity index (χ3v) is 3.90. The van der Waals surface area contributed by atoms with Gasteiger partial charge in [0, 0.05) is 11.0 Å². The Kier molecular flexibility index (Phi) is 6.40. The number of thioether (sulfide) groups is 1. The Balaban J connectivity index is 2.48. The van der Waals surface area contributed by atoms with E-state index in [-0.39, 0.29) is 0 Å². The molecule has 0 spiro atoms. The lowest BCUT2D eigenvalue weighted by molar-refractivity contribution is 0.203. The van der Waals surface area contributed by atoms with Crippen LogP contribution >= 0.6 is 11.8 Å². The molecule has 0 bridgehead atoms. The molecular weight excluding hydrogens is 234 g/mol. The molecule has 2 unspecified atom stereocenters. The number of hydrogen-bond donors (Lipinski definition) is 2. The zero-order chi connectivity index (χ0) is 12.7. The maximum absolute atomic E-state index is 10.0. The molecule has 96 valence electrons. The maximum Gasteiger partial charge on any atom is 0.119 e. The molecule has 0 saturated heterocycles. The lowest BCUT2D eigenvalue weighted by atomic mass is 10.1. The van der Waals surface area contributed by atoms with Crippen LogP contribution in [0.2, 0.25) is 0 Å². The molecule has 0 fully saturated rings. The topological polar surface area (TPSA) is 55.5 Å². The Bertz CT molecular complexity index is 333. The molecule has 1 aromatic rings. The number of ether oxygens (including phenoxy) is 1. The summed E-state index contributed by atoms with van der Waals surface area (Å²) in [4.78, 5) is 0. The third kappa shape index (κ3) is 4.98. The summed E-state index contributed by atoms with van der Waals surface area (Å²) < 4.78 is 5.13. The van der Waals surface area contributed by atoms with Crippen molar-refractivity contribution in [1.82, 2.24) is 0 Å². The van der Waals surface area contributed by atoms with E-state index in [1.165, 1.54) is 0 Å². The molecule has 0 amide bonds. The Morgan fingerprint density at radius 3 is 2.88 bits per heavy atom. The highest BCUT2D eigenvalue weighted by Gasteiger charge is 2.10. The van der Waals surface area contributed by atoms with Gasteiger partial charge in [0.15, 0.2) is 0 Å². The van der Waals surface area contributed by atoms with Crippen LogP contribution in [0, 0.1) is 0 Å². The van der Waals surface area contributed by atoms with Crippen LogP contribution < -0.4 is 10.5 Å². The minimum Gasteiger partial charge on any atom is -0.497 e. The quantitative estimate of drug-likeness (QED) is 0.784. The zero-order valence-corrected chi connectivity index (χ0v) is 11.2. The smallest absolute Gasteiger partial charge is 0.119 e. The number of methoxy groups -OCH3 is 1. The summed E-state index contributed by atoms with van der Waals surface area (Å²) in [5, 5.41) is 10.5. The average molecular weight is 255 g/mol. The van der Waals surface area contributed by atoms with Crippen molar-refractivity contribution < 1.29 is 9.84 Å². The molecule has 0 saturated carbocycles. The Morgan fingerprint density at radius 1 is 1.47 bits per heavy atom. The van der Waals surface area contributed by atoms with Gasteiger partial charge in [0.2, 0.25) is 0 Å². The van der Waals surface area contributed by atoms with E-state index in [4.69, 9.17) is 10.5 Å². The minimum absolute atomic E-state index is 0.449. The normalized spacial score (nSPS) is 14.4. The molecule has 0 aliphatic heterocycles. The highest BCUT2D eigenvalue weighted by molar-refractivity contribution is 7.99. The van der Waals surface area contributed by atoms with Gasteiger partial charge in [0.1, 0.15) is 5.75 Å². The number of aliphatic hydroxyl groups is 1. The van der Waals surface area contributed by atoms with Gasteiger partial charge in [0.05, 0.1) is 13.2 Å². The fraction of sp³-hybridized carbons (Fsp3) is 0.538. The SMILES string of the molecule is COc1cccc(C(O)CSC(C)CCN)c1. The van der Waals surface area contributed by atoms with Crippen molar-refractivity contribution in [2.75, 3.05) is 19.4 Å². The van der Waals surface area contributed by atoms with Crippen LogP contribution in [-0.2, 0) is 0 Å². The summed E-state index contributed by atoms with van der Waals surface area (Å²) in [6.45, 7) is 2.83. The summed E-state index contributed by atoms with van der Waals surface area (Å²) in [5.74, 6) is 1.47. The van der Waals surface area contributed by atoms with Crippen LogP contribution in [0.4, 0.5) is 0 Å². The summed E-state index contributed by atoms with van der Waals surface area (Å²) in [7, 11) is 1.63. The van der Waals surface area contributed by atoms with Crippen molar-refractivity contribution in [3.63, 3.8) is 0 Å². The van der Waals surface area contributed by atoms with Crippen LogP contribution in [0.5, 0.6) is 5.75 Å². The van der Waals surface area contributed by atoms with Crippen molar-refractivity contribution in [3.05, 3.63) is 29.8 Å². The lowest BCUT2D eigenvalue weighted by Crippen LogP contribution is -2.10. The fourth-order valence-corrected chi connectivity index (χ4v) is 2.52. The van der Waals surface area contributed by atoms with Crippen LogP contribution in [0.3, 0.4) is 0 Å². The predicted molar refractivity (Wildman–Crippen MR) is 73.5 cm³/mol. The van der Waals surface area contributed by atoms with Crippen LogP contribution in [-0.4, -0.2) is 29.8 Å². The lowest BCUT2D eigenvalue weighted by Gasteiger charge is -2.15. The first-order valence-corrected chi connectivity index (χ1v) is 6.86. The van der Waals surface area contributed by atoms with E-state index in [0.29, 0.717) is 17.5 Å². The van der Waals surface area contributed by atoms with E-state index in [2.05, 4.69) is 6.92 Å². The van der Waals surface area contributed by atoms with Crippen molar-refractivity contribution in [1.29, 1.82) is 0 Å². The summed E-state index contributed by atoms with van der Waals surface area (Å²) in [5.41, 5.74) is 6.39. The van der Waals surface area contributed by atoms with Gasteiger partial charge >= 0.3 is 0 Å². The molecule has 0 aliphatic rings. The van der Waals surface area contributed by atoms with E-state index in [9.17, 15) is 5.11 Å². The van der Waals surface area contributed by atoms with Gasteiger partial charge < -0.3 is 15.6 Å². The standard InChI is InChI=1S/C13H21NO2S/c1-10(6-7-14)17-9-13(15)11-4-3-5-12(8-11)16-2/h3-5,8,10,13,15H,6-7,9,14H2,1-2H3. The molecule has 2 atom stereocenters. The van der Waals surface area contributed by atoms with E-state index >= 15 is 0 Å². The second-order valence-electron chi connectivity index (χ2n) is 4.01. The molecule has 1 rings (SSSR count). The second-order valence-corrected chi connectivity index (χ2v) is 5.49. The molecule has 1 aromatic carbocycles. The maximum atomic E-state index is 10.0. The first kappa shape index (κ1) is 14.4. The van der Waals surface area contributed by atoms with Gasteiger partial charge in [-0.25, -0.2) is 0 Å². The van der Waals surface area contributed by atoms with Gasteiger partial charge in [0.25, 0.3) is 0 Å². The Morgan fingerprint density at radius 2 is 2.24 bits per heavy atom. The van der Waals surface area contributed by atoms with Gasteiger partial charge in [-0.1, -0.05) is 19.1 Å². The van der Waals surface area contributed by atoms with Crippen LogP contribution in [0.25, 0.3) is 0 Å². The largest absolute Gasteiger partial charge is 0.497 e. The molecule has 0 radical (unpaired) electrons. The molecule has 17 heavy (non-hydrogen) atoms. The third-order valence-electron chi connectivity index (χ3n) is 2.59. The van der Waals surface area contributed by atoms with Crippen molar-refractivity contribution >= 4 is 11.8 Å². The highest BCUT2D eigenvalue weighted by atomic mass is 32.2. The van der Waals surface area contributed by atoms with Gasteiger partial charge in [-0.15, -0.1) is 0 Å². The van der Waals surface area contributed by atoms with Crippen molar-refractivity contribution in [3.8, 4) is 5.75 Å². The highest BCUT2D eigenvalue weighted by Crippen LogP contribution is 2.24. The summed E-state index contributed by atoms with van der Waals surface area (Å²) >= 11 is 1.75. The van der Waals surface area contributed by atoms with Gasteiger partial charge in [-0.2, -0.15) is 11.8 Å². The molecule has 0 aromatic heterocycles. The minimum atomic E-state index is -0.449. The van der Waals surface area contributed by atoms with E-state index in [0.717, 1.165) is 17.7 Å². The zero-order valence-electron chi connectivity index (χ0n) is 10.4. The monoisotopic (exact) mass is 255 g/mol. The Labute approximate surface area is 107 Å². The van der Waals surface area contributed by atoms with Gasteiger partial charge in [-0.05, 0) is 30.7 Å². The Hall–Kier alpha value is -0.710. The number of hydrogen-bond acceptors (Lipinski definition) is 4. The van der Waals surface area contributed by atoms with Crippen LogP contribution in [0.1, 0.15) is 25.0 Å². The first-order chi connectivity index (χ1) is 8.17. The first-order valence-electron chi connectivity index (χ1n) is 5.81. The van der Waals surface area contributed by atoms with Crippen molar-refractivity contribution in [2.45, 2.75) is 24.7 Å².